The summed E-state index contributed by atoms with van der Waals surface area (Å²) >= 11 is 6.14. The highest BCUT2D eigenvalue weighted by molar-refractivity contribution is 7.88. The molecule has 0 amide bonds. The molecule has 0 unspecified atom stereocenters. The molecule has 224 valence electrons. The molecule has 0 N–H and O–H groups in total. The van der Waals surface area contributed by atoms with Crippen LogP contribution in [0.15, 0.2) is 53.5 Å². The molecule has 0 atom stereocenters. The molecule has 42 heavy (non-hydrogen) atoms. The summed E-state index contributed by atoms with van der Waals surface area (Å²) in [7, 11) is -3.89. The Morgan fingerprint density at radius 2 is 1.81 bits per heavy atom. The van der Waals surface area contributed by atoms with Crippen LogP contribution < -0.4 is 19.9 Å². The molecule has 2 heterocycles. The number of anilines is 1. The van der Waals surface area contributed by atoms with Gasteiger partial charge in [0.2, 0.25) is 15.8 Å². The maximum atomic E-state index is 13.6. The molecule has 3 aromatic rings. The summed E-state index contributed by atoms with van der Waals surface area (Å²) in [5, 5.41) is 16.6. The molecule has 1 aromatic heterocycles. The second-order valence-corrected chi connectivity index (χ2v) is 13.2. The predicted octanol–water partition coefficient (Wildman–Crippen LogP) is 4.02. The highest BCUT2D eigenvalue weighted by Gasteiger charge is 2.39. The fourth-order valence-electron chi connectivity index (χ4n) is 4.84. The number of aromatic nitrogens is 2. The molecule has 2 aliphatic rings. The van der Waals surface area contributed by atoms with Crippen LogP contribution in [0, 0.1) is 15.5 Å². The van der Waals surface area contributed by atoms with E-state index in [4.69, 9.17) is 21.1 Å². The zero-order valence-corrected chi connectivity index (χ0v) is 24.9. The standard InChI is InChI=1S/C28H32ClN5O7S/c1-3-40-24-9-4-6-20(25(24)34(36)37)18-42(38,39)32-14-12-31(13-15-32)23-17-30-33(22-8-5-7-21(29)16-22)27(35)26(23)41-19-28(2)10-11-28/h4-9,16-17H,3,10-15,18-19H2,1-2H3. The molecular weight excluding hydrogens is 586 g/mol. The summed E-state index contributed by atoms with van der Waals surface area (Å²) in [5.74, 6) is -0.348. The van der Waals surface area contributed by atoms with E-state index in [1.54, 1.807) is 43.5 Å². The van der Waals surface area contributed by atoms with E-state index >= 15 is 0 Å². The Hall–Kier alpha value is -3.68. The van der Waals surface area contributed by atoms with Gasteiger partial charge in [0.1, 0.15) is 5.69 Å². The van der Waals surface area contributed by atoms with Crippen LogP contribution in [0.5, 0.6) is 11.5 Å². The number of nitro benzene ring substituents is 1. The van der Waals surface area contributed by atoms with Crippen molar-refractivity contribution >= 4 is 33.0 Å². The normalized spacial score (nSPS) is 16.7. The Kier molecular flexibility index (Phi) is 8.44. The second-order valence-electron chi connectivity index (χ2n) is 10.8. The number of para-hydroxylation sites is 1. The number of halogens is 1. The van der Waals surface area contributed by atoms with Gasteiger partial charge in [-0.1, -0.05) is 36.7 Å². The number of benzene rings is 2. The van der Waals surface area contributed by atoms with Crippen LogP contribution in [-0.2, 0) is 15.8 Å². The average molecular weight is 618 g/mol. The number of ether oxygens (including phenoxy) is 2. The molecule has 2 aromatic carbocycles. The molecule has 1 aliphatic heterocycles. The molecule has 5 rings (SSSR count). The molecular formula is C28H32ClN5O7S. The van der Waals surface area contributed by atoms with Crippen LogP contribution in [0.3, 0.4) is 0 Å². The van der Waals surface area contributed by atoms with Gasteiger partial charge in [0.15, 0.2) is 5.75 Å². The summed E-state index contributed by atoms with van der Waals surface area (Å²) in [6, 6.07) is 11.2. The van der Waals surface area contributed by atoms with Crippen molar-refractivity contribution in [2.24, 2.45) is 5.41 Å². The van der Waals surface area contributed by atoms with Crippen LogP contribution in [-0.4, -0.2) is 66.8 Å². The van der Waals surface area contributed by atoms with E-state index in [2.05, 4.69) is 12.0 Å². The SMILES string of the molecule is CCOc1cccc(CS(=O)(=O)N2CCN(c3cnn(-c4cccc(Cl)c4)c(=O)c3OCC3(C)CC3)CC2)c1[N+](=O)[O-]. The Bertz CT molecular complexity index is 1650. The Morgan fingerprint density at radius 1 is 1.10 bits per heavy atom. The van der Waals surface area contributed by atoms with E-state index < -0.39 is 26.3 Å². The Labute approximate surface area is 248 Å². The summed E-state index contributed by atoms with van der Waals surface area (Å²) in [6.45, 7) is 5.18. The number of piperazine rings is 1. The molecule has 0 radical (unpaired) electrons. The number of nitrogens with zero attached hydrogens (tertiary/aromatic N) is 5. The maximum Gasteiger partial charge on any atom is 0.316 e. The number of hydrogen-bond acceptors (Lipinski definition) is 9. The molecule has 1 aliphatic carbocycles. The van der Waals surface area contributed by atoms with Crippen LogP contribution in [0.4, 0.5) is 11.4 Å². The van der Waals surface area contributed by atoms with Gasteiger partial charge in [-0.3, -0.25) is 14.9 Å². The quantitative estimate of drug-likeness (QED) is 0.231. The highest BCUT2D eigenvalue weighted by atomic mass is 35.5. The van der Waals surface area contributed by atoms with Crippen molar-refractivity contribution in [3.05, 3.63) is 79.7 Å². The maximum absolute atomic E-state index is 13.6. The van der Waals surface area contributed by atoms with Crippen molar-refractivity contribution in [3.8, 4) is 17.2 Å². The number of nitro groups is 1. The van der Waals surface area contributed by atoms with Gasteiger partial charge >= 0.3 is 11.2 Å². The predicted molar refractivity (Wildman–Crippen MR) is 158 cm³/mol. The van der Waals surface area contributed by atoms with E-state index in [-0.39, 0.29) is 61.0 Å². The van der Waals surface area contributed by atoms with Gasteiger partial charge in [-0.15, -0.1) is 0 Å². The molecule has 14 heteroatoms. The second kappa shape index (κ2) is 11.9. The Balaban J connectivity index is 1.36. The first-order valence-corrected chi connectivity index (χ1v) is 15.6. The van der Waals surface area contributed by atoms with Gasteiger partial charge in [-0.05, 0) is 44.0 Å². The van der Waals surface area contributed by atoms with Gasteiger partial charge in [0, 0.05) is 36.6 Å². The van der Waals surface area contributed by atoms with Crippen molar-refractivity contribution in [1.29, 1.82) is 0 Å². The van der Waals surface area contributed by atoms with Crippen molar-refractivity contribution in [3.63, 3.8) is 0 Å². The average Bonchev–Trinajstić information content (AvgIpc) is 3.69. The first-order chi connectivity index (χ1) is 20.0. The largest absolute Gasteiger partial charge is 0.487 e. The van der Waals surface area contributed by atoms with Crippen LogP contribution in [0.2, 0.25) is 5.02 Å². The highest BCUT2D eigenvalue weighted by Crippen LogP contribution is 2.45. The summed E-state index contributed by atoms with van der Waals surface area (Å²) < 4.78 is 40.7. The van der Waals surface area contributed by atoms with Gasteiger partial charge in [0.05, 0.1) is 41.3 Å². The number of rotatable bonds is 11. The van der Waals surface area contributed by atoms with Gasteiger partial charge in [0.25, 0.3) is 0 Å². The fraction of sp³-hybridized carbons (Fsp3) is 0.429. The van der Waals surface area contributed by atoms with Gasteiger partial charge < -0.3 is 14.4 Å². The summed E-state index contributed by atoms with van der Waals surface area (Å²) in [5.41, 5.74) is 0.281. The molecule has 1 saturated heterocycles. The molecule has 0 bridgehead atoms. The van der Waals surface area contributed by atoms with Crippen molar-refractivity contribution in [2.75, 3.05) is 44.3 Å². The topological polar surface area (TPSA) is 137 Å². The smallest absolute Gasteiger partial charge is 0.316 e. The zero-order chi connectivity index (χ0) is 30.1. The van der Waals surface area contributed by atoms with Gasteiger partial charge in [-0.25, -0.2) is 8.42 Å². The first kappa shape index (κ1) is 29.8. The van der Waals surface area contributed by atoms with E-state index in [1.165, 1.54) is 21.1 Å². The van der Waals surface area contributed by atoms with E-state index in [1.807, 2.05) is 4.90 Å². The lowest BCUT2D eigenvalue weighted by Crippen LogP contribution is -2.49. The van der Waals surface area contributed by atoms with Crippen LogP contribution in [0.1, 0.15) is 32.3 Å². The molecule has 12 nitrogen and oxygen atoms in total. The van der Waals surface area contributed by atoms with E-state index in [0.717, 1.165) is 12.8 Å². The van der Waals surface area contributed by atoms with Crippen LogP contribution >= 0.6 is 11.6 Å². The van der Waals surface area contributed by atoms with Crippen molar-refractivity contribution in [2.45, 2.75) is 32.4 Å². The molecule has 2 fully saturated rings. The molecule has 1 saturated carbocycles. The van der Waals surface area contributed by atoms with E-state index in [9.17, 15) is 23.3 Å². The minimum Gasteiger partial charge on any atom is -0.487 e. The van der Waals surface area contributed by atoms with E-state index in [0.29, 0.717) is 23.0 Å². The summed E-state index contributed by atoms with van der Waals surface area (Å²) in [4.78, 5) is 26.6. The fourth-order valence-corrected chi connectivity index (χ4v) is 6.56. The minimum absolute atomic E-state index is 0.0166. The lowest BCUT2D eigenvalue weighted by atomic mass is 10.2. The third-order valence-corrected chi connectivity index (χ3v) is 9.57. The third-order valence-electron chi connectivity index (χ3n) is 7.51. The zero-order valence-electron chi connectivity index (χ0n) is 23.4. The number of sulfonamides is 1. The van der Waals surface area contributed by atoms with Crippen LogP contribution in [0.25, 0.3) is 5.69 Å². The lowest BCUT2D eigenvalue weighted by molar-refractivity contribution is -0.386. The number of hydrogen-bond donors (Lipinski definition) is 0. The van der Waals surface area contributed by atoms with Gasteiger partial charge in [-0.2, -0.15) is 14.1 Å². The first-order valence-electron chi connectivity index (χ1n) is 13.6. The molecule has 0 spiro atoms. The van der Waals surface area contributed by atoms with Crippen molar-refractivity contribution < 1.29 is 22.8 Å². The third kappa shape index (κ3) is 6.37. The minimum atomic E-state index is -3.89. The monoisotopic (exact) mass is 617 g/mol. The lowest BCUT2D eigenvalue weighted by Gasteiger charge is -2.35. The van der Waals surface area contributed by atoms with Crippen molar-refractivity contribution in [1.82, 2.24) is 14.1 Å². The summed E-state index contributed by atoms with van der Waals surface area (Å²) in [6.07, 6.45) is 3.58. The Morgan fingerprint density at radius 3 is 2.45 bits per heavy atom.